The number of nitrogens with two attached hydrogens (primary N) is 1. The van der Waals surface area contributed by atoms with E-state index in [2.05, 4.69) is 40.7 Å². The van der Waals surface area contributed by atoms with Crippen LogP contribution >= 0.6 is 0 Å². The van der Waals surface area contributed by atoms with Gasteiger partial charge in [0, 0.05) is 0 Å². The lowest BCUT2D eigenvalue weighted by atomic mass is 9.87. The molecule has 2 N–H and O–H groups in total. The number of nitrogen functional groups attached to an aromatic ring is 1. The molecule has 0 aliphatic heterocycles. The van der Waals surface area contributed by atoms with E-state index in [1.54, 1.807) is 0 Å². The van der Waals surface area contributed by atoms with Crippen molar-refractivity contribution in [2.45, 2.75) is 46.5 Å². The molecule has 0 saturated heterocycles. The zero-order valence-corrected chi connectivity index (χ0v) is 11.7. The van der Waals surface area contributed by atoms with E-state index in [-0.39, 0.29) is 5.41 Å². The Morgan fingerprint density at radius 3 is 2.35 bits per heavy atom. The highest BCUT2D eigenvalue weighted by molar-refractivity contribution is 5.55. The lowest BCUT2D eigenvalue weighted by molar-refractivity contribution is 0.291. The Balaban J connectivity index is 2.70. The molecular formula is C15H25NO. The largest absolute Gasteiger partial charge is 0.491 e. The van der Waals surface area contributed by atoms with Crippen LogP contribution in [-0.4, -0.2) is 6.61 Å². The minimum atomic E-state index is 0.130. The maximum Gasteiger partial charge on any atom is 0.142 e. The van der Waals surface area contributed by atoms with E-state index in [1.165, 1.54) is 5.56 Å². The molecule has 0 radical (unpaired) electrons. The van der Waals surface area contributed by atoms with Gasteiger partial charge in [-0.25, -0.2) is 0 Å². The molecule has 17 heavy (non-hydrogen) atoms. The van der Waals surface area contributed by atoms with Crippen molar-refractivity contribution in [3.63, 3.8) is 0 Å². The van der Waals surface area contributed by atoms with Gasteiger partial charge in [-0.1, -0.05) is 40.7 Å². The average Bonchev–Trinajstić information content (AvgIpc) is 2.18. The minimum absolute atomic E-state index is 0.130. The first-order valence-electron chi connectivity index (χ1n) is 6.33. The fourth-order valence-corrected chi connectivity index (χ4v) is 1.55. The first-order chi connectivity index (χ1) is 7.80. The highest BCUT2D eigenvalue weighted by Gasteiger charge is 2.15. The normalized spacial score (nSPS) is 11.9. The number of benzene rings is 1. The number of ether oxygens (including phenoxy) is 1. The Kier molecular flexibility index (Phi) is 4.44. The summed E-state index contributed by atoms with van der Waals surface area (Å²) in [6, 6.07) is 6.10. The molecule has 0 aromatic heterocycles. The van der Waals surface area contributed by atoms with Crippen LogP contribution in [0.1, 0.15) is 46.6 Å². The summed E-state index contributed by atoms with van der Waals surface area (Å²) in [4.78, 5) is 0. The van der Waals surface area contributed by atoms with E-state index in [4.69, 9.17) is 10.5 Å². The van der Waals surface area contributed by atoms with Crippen molar-refractivity contribution in [3.05, 3.63) is 23.8 Å². The monoisotopic (exact) mass is 235 g/mol. The third kappa shape index (κ3) is 4.29. The summed E-state index contributed by atoms with van der Waals surface area (Å²) in [7, 11) is 0. The zero-order valence-electron chi connectivity index (χ0n) is 11.7. The van der Waals surface area contributed by atoms with Crippen LogP contribution in [0.15, 0.2) is 18.2 Å². The summed E-state index contributed by atoms with van der Waals surface area (Å²) in [5.41, 5.74) is 8.12. The molecule has 0 amide bonds. The van der Waals surface area contributed by atoms with Gasteiger partial charge in [0.05, 0.1) is 12.3 Å². The number of anilines is 1. The number of hydrogen-bond acceptors (Lipinski definition) is 2. The van der Waals surface area contributed by atoms with Gasteiger partial charge in [-0.3, -0.25) is 0 Å². The molecule has 1 aromatic rings. The van der Waals surface area contributed by atoms with Gasteiger partial charge < -0.3 is 10.5 Å². The van der Waals surface area contributed by atoms with Crippen LogP contribution in [0.25, 0.3) is 0 Å². The van der Waals surface area contributed by atoms with Crippen LogP contribution in [0, 0.1) is 5.92 Å². The van der Waals surface area contributed by atoms with E-state index in [9.17, 15) is 0 Å². The maximum absolute atomic E-state index is 6.01. The maximum atomic E-state index is 6.01. The van der Waals surface area contributed by atoms with Crippen LogP contribution in [0.5, 0.6) is 5.75 Å². The second kappa shape index (κ2) is 5.44. The van der Waals surface area contributed by atoms with Crippen molar-refractivity contribution in [1.82, 2.24) is 0 Å². The highest BCUT2D eigenvalue weighted by Crippen LogP contribution is 2.29. The number of rotatable bonds is 4. The molecule has 0 atom stereocenters. The van der Waals surface area contributed by atoms with Crippen LogP contribution in [0.4, 0.5) is 5.69 Å². The molecule has 2 heteroatoms. The summed E-state index contributed by atoms with van der Waals surface area (Å²) in [5.74, 6) is 1.46. The van der Waals surface area contributed by atoms with Gasteiger partial charge in [0.2, 0.25) is 0 Å². The second-order valence-corrected chi connectivity index (χ2v) is 6.03. The lowest BCUT2D eigenvalue weighted by Crippen LogP contribution is -2.12. The first-order valence-corrected chi connectivity index (χ1v) is 6.33. The first kappa shape index (κ1) is 13.9. The Morgan fingerprint density at radius 2 is 1.88 bits per heavy atom. The molecule has 0 aliphatic carbocycles. The van der Waals surface area contributed by atoms with Gasteiger partial charge in [0.25, 0.3) is 0 Å². The predicted molar refractivity (Wildman–Crippen MR) is 74.5 cm³/mol. The summed E-state index contributed by atoms with van der Waals surface area (Å²) >= 11 is 0. The van der Waals surface area contributed by atoms with E-state index in [0.717, 1.165) is 24.5 Å². The van der Waals surface area contributed by atoms with Crippen molar-refractivity contribution < 1.29 is 4.74 Å². The Hall–Kier alpha value is -1.18. The molecule has 0 aliphatic rings. The molecule has 2 nitrogen and oxygen atoms in total. The highest BCUT2D eigenvalue weighted by atomic mass is 16.5. The van der Waals surface area contributed by atoms with Gasteiger partial charge in [0.15, 0.2) is 0 Å². The van der Waals surface area contributed by atoms with Gasteiger partial charge in [-0.05, 0) is 35.4 Å². The van der Waals surface area contributed by atoms with E-state index >= 15 is 0 Å². The van der Waals surface area contributed by atoms with E-state index < -0.39 is 0 Å². The van der Waals surface area contributed by atoms with Gasteiger partial charge in [-0.2, -0.15) is 0 Å². The lowest BCUT2D eigenvalue weighted by Gasteiger charge is -2.20. The van der Waals surface area contributed by atoms with Crippen LogP contribution in [0.2, 0.25) is 0 Å². The third-order valence-electron chi connectivity index (χ3n) is 2.83. The van der Waals surface area contributed by atoms with Crippen molar-refractivity contribution in [2.75, 3.05) is 12.3 Å². The second-order valence-electron chi connectivity index (χ2n) is 6.03. The Morgan fingerprint density at radius 1 is 1.24 bits per heavy atom. The zero-order chi connectivity index (χ0) is 13.1. The quantitative estimate of drug-likeness (QED) is 0.801. The standard InChI is InChI=1S/C15H25NO/c1-11(2)8-9-17-14-7-6-12(10-13(14)16)15(3,4)5/h6-7,10-11H,8-9,16H2,1-5H3. The Bertz CT molecular complexity index is 364. The van der Waals surface area contributed by atoms with Crippen molar-refractivity contribution in [1.29, 1.82) is 0 Å². The molecule has 0 saturated carbocycles. The smallest absolute Gasteiger partial charge is 0.142 e. The van der Waals surface area contributed by atoms with Crippen LogP contribution in [0.3, 0.4) is 0 Å². The fourth-order valence-electron chi connectivity index (χ4n) is 1.55. The molecule has 0 fully saturated rings. The SMILES string of the molecule is CC(C)CCOc1ccc(C(C)(C)C)cc1N. The van der Waals surface area contributed by atoms with Crippen LogP contribution < -0.4 is 10.5 Å². The molecule has 0 heterocycles. The topological polar surface area (TPSA) is 35.2 Å². The average molecular weight is 235 g/mol. The van der Waals surface area contributed by atoms with Gasteiger partial charge >= 0.3 is 0 Å². The number of hydrogen-bond donors (Lipinski definition) is 1. The van der Waals surface area contributed by atoms with E-state index in [0.29, 0.717) is 5.92 Å². The third-order valence-corrected chi connectivity index (χ3v) is 2.83. The predicted octanol–water partition coefficient (Wildman–Crippen LogP) is 3.99. The van der Waals surface area contributed by atoms with Crippen molar-refractivity contribution in [3.8, 4) is 5.75 Å². The molecule has 1 rings (SSSR count). The van der Waals surface area contributed by atoms with Crippen molar-refractivity contribution in [2.24, 2.45) is 5.92 Å². The Labute approximate surface area is 105 Å². The van der Waals surface area contributed by atoms with Gasteiger partial charge in [-0.15, -0.1) is 0 Å². The summed E-state index contributed by atoms with van der Waals surface area (Å²) in [6.45, 7) is 11.7. The summed E-state index contributed by atoms with van der Waals surface area (Å²) in [6.07, 6.45) is 1.06. The van der Waals surface area contributed by atoms with Crippen molar-refractivity contribution >= 4 is 5.69 Å². The molecule has 0 unspecified atom stereocenters. The molecule has 96 valence electrons. The van der Waals surface area contributed by atoms with Crippen LogP contribution in [-0.2, 0) is 5.41 Å². The van der Waals surface area contributed by atoms with E-state index in [1.807, 2.05) is 12.1 Å². The minimum Gasteiger partial charge on any atom is -0.491 e. The summed E-state index contributed by atoms with van der Waals surface area (Å²) in [5, 5.41) is 0. The molecule has 0 spiro atoms. The molecule has 0 bridgehead atoms. The summed E-state index contributed by atoms with van der Waals surface area (Å²) < 4.78 is 5.69. The molecule has 1 aromatic carbocycles. The fraction of sp³-hybridized carbons (Fsp3) is 0.600. The van der Waals surface area contributed by atoms with Gasteiger partial charge in [0.1, 0.15) is 5.75 Å². The molecular weight excluding hydrogens is 210 g/mol.